The van der Waals surface area contributed by atoms with Gasteiger partial charge in [-0.15, -0.1) is 0 Å². The number of aromatic hydroxyl groups is 1. The highest BCUT2D eigenvalue weighted by molar-refractivity contribution is 5.50. The molecule has 0 fully saturated rings. The number of hydrogen-bond acceptors (Lipinski definition) is 4. The van der Waals surface area contributed by atoms with E-state index in [1.807, 2.05) is 0 Å². The van der Waals surface area contributed by atoms with Gasteiger partial charge in [-0.2, -0.15) is 0 Å². The number of nitrogens with two attached hydrogens (primary N) is 1. The Kier molecular flexibility index (Phi) is 3.19. The van der Waals surface area contributed by atoms with Crippen molar-refractivity contribution in [1.29, 1.82) is 0 Å². The molecule has 0 bridgehead atoms. The van der Waals surface area contributed by atoms with E-state index < -0.39 is 0 Å². The van der Waals surface area contributed by atoms with E-state index >= 15 is 0 Å². The van der Waals surface area contributed by atoms with Gasteiger partial charge in [-0.3, -0.25) is 0 Å². The molecule has 0 radical (unpaired) electrons. The lowest BCUT2D eigenvalue weighted by Gasteiger charge is -2.13. The van der Waals surface area contributed by atoms with Crippen molar-refractivity contribution in [2.24, 2.45) is 5.73 Å². The number of benzene rings is 1. The molecule has 0 spiro atoms. The van der Waals surface area contributed by atoms with Crippen LogP contribution in [0, 0.1) is 0 Å². The number of methoxy groups -OCH3 is 2. The Morgan fingerprint density at radius 1 is 1.21 bits per heavy atom. The average Bonchev–Trinajstić information content (AvgIpc) is 2.16. The molecule has 1 aromatic rings. The van der Waals surface area contributed by atoms with E-state index in [2.05, 4.69) is 0 Å². The largest absolute Gasteiger partial charge is 0.507 e. The van der Waals surface area contributed by atoms with Crippen LogP contribution in [-0.2, 0) is 0 Å². The Labute approximate surface area is 83.3 Å². The van der Waals surface area contributed by atoms with Crippen molar-refractivity contribution >= 4 is 0 Å². The molecule has 78 valence electrons. The highest BCUT2D eigenvalue weighted by Gasteiger charge is 2.12. The molecule has 0 aliphatic carbocycles. The Bertz CT molecular complexity index is 323. The van der Waals surface area contributed by atoms with Gasteiger partial charge in [0.25, 0.3) is 0 Å². The van der Waals surface area contributed by atoms with Crippen molar-refractivity contribution in [2.75, 3.05) is 14.2 Å². The molecule has 1 aromatic carbocycles. The molecule has 0 aliphatic rings. The molecule has 0 aromatic heterocycles. The third-order valence-electron chi connectivity index (χ3n) is 2.02. The highest BCUT2D eigenvalue weighted by Crippen LogP contribution is 2.35. The van der Waals surface area contributed by atoms with Gasteiger partial charge in [-0.25, -0.2) is 0 Å². The van der Waals surface area contributed by atoms with Crippen molar-refractivity contribution < 1.29 is 14.6 Å². The Hall–Kier alpha value is -1.42. The summed E-state index contributed by atoms with van der Waals surface area (Å²) in [6.07, 6.45) is 0. The van der Waals surface area contributed by atoms with Crippen molar-refractivity contribution in [3.05, 3.63) is 17.7 Å². The number of rotatable bonds is 3. The third-order valence-corrected chi connectivity index (χ3v) is 2.02. The maximum atomic E-state index is 9.60. The second kappa shape index (κ2) is 4.19. The van der Waals surface area contributed by atoms with Gasteiger partial charge < -0.3 is 20.3 Å². The molecule has 0 aliphatic heterocycles. The molecule has 14 heavy (non-hydrogen) atoms. The van der Waals surface area contributed by atoms with Crippen LogP contribution in [0.15, 0.2) is 12.1 Å². The number of hydrogen-bond donors (Lipinski definition) is 2. The Balaban J connectivity index is 3.23. The van der Waals surface area contributed by atoms with E-state index in [-0.39, 0.29) is 11.8 Å². The zero-order valence-corrected chi connectivity index (χ0v) is 8.57. The summed E-state index contributed by atoms with van der Waals surface area (Å²) in [7, 11) is 3.06. The van der Waals surface area contributed by atoms with Gasteiger partial charge in [0.15, 0.2) is 11.5 Å². The van der Waals surface area contributed by atoms with Gasteiger partial charge in [-0.05, 0) is 13.0 Å². The quantitative estimate of drug-likeness (QED) is 0.769. The minimum absolute atomic E-state index is 0.123. The summed E-state index contributed by atoms with van der Waals surface area (Å²) in [6, 6.07) is 2.94. The van der Waals surface area contributed by atoms with Gasteiger partial charge >= 0.3 is 0 Å². The first-order valence-electron chi connectivity index (χ1n) is 4.30. The van der Waals surface area contributed by atoms with Crippen LogP contribution in [-0.4, -0.2) is 19.3 Å². The predicted molar refractivity (Wildman–Crippen MR) is 53.8 cm³/mol. The SMILES string of the molecule is COc1cc(O)c([C@H](C)N)cc1OC. The maximum absolute atomic E-state index is 9.60. The molecular weight excluding hydrogens is 182 g/mol. The molecule has 0 saturated heterocycles. The van der Waals surface area contributed by atoms with Gasteiger partial charge in [-0.1, -0.05) is 0 Å². The van der Waals surface area contributed by atoms with Crippen molar-refractivity contribution in [2.45, 2.75) is 13.0 Å². The summed E-state index contributed by atoms with van der Waals surface area (Å²) < 4.78 is 10.1. The van der Waals surface area contributed by atoms with Gasteiger partial charge in [0.1, 0.15) is 5.75 Å². The zero-order valence-electron chi connectivity index (χ0n) is 8.57. The Morgan fingerprint density at radius 3 is 2.14 bits per heavy atom. The molecular formula is C10H15NO3. The van der Waals surface area contributed by atoms with E-state index in [9.17, 15) is 5.11 Å². The fraction of sp³-hybridized carbons (Fsp3) is 0.400. The van der Waals surface area contributed by atoms with Gasteiger partial charge in [0.05, 0.1) is 14.2 Å². The molecule has 0 unspecified atom stereocenters. The van der Waals surface area contributed by atoms with E-state index in [4.69, 9.17) is 15.2 Å². The third kappa shape index (κ3) is 1.90. The highest BCUT2D eigenvalue weighted by atomic mass is 16.5. The van der Waals surface area contributed by atoms with Crippen molar-refractivity contribution in [3.63, 3.8) is 0 Å². The van der Waals surface area contributed by atoms with Crippen LogP contribution in [0.5, 0.6) is 17.2 Å². The standard InChI is InChI=1S/C10H15NO3/c1-6(11)7-4-9(13-2)10(14-3)5-8(7)12/h4-6,12H,11H2,1-3H3/t6-/m0/s1. The molecule has 1 atom stereocenters. The van der Waals surface area contributed by atoms with Crippen molar-refractivity contribution in [1.82, 2.24) is 0 Å². The van der Waals surface area contributed by atoms with Crippen LogP contribution in [0.25, 0.3) is 0 Å². The van der Waals surface area contributed by atoms with Gasteiger partial charge in [0.2, 0.25) is 0 Å². The molecule has 4 nitrogen and oxygen atoms in total. The normalized spacial score (nSPS) is 12.3. The second-order valence-corrected chi connectivity index (χ2v) is 3.05. The van der Waals surface area contributed by atoms with E-state index in [0.29, 0.717) is 17.1 Å². The van der Waals surface area contributed by atoms with E-state index in [1.165, 1.54) is 13.2 Å². The second-order valence-electron chi connectivity index (χ2n) is 3.05. The van der Waals surface area contributed by atoms with Gasteiger partial charge in [0, 0.05) is 17.7 Å². The molecule has 0 amide bonds. The lowest BCUT2D eigenvalue weighted by Crippen LogP contribution is -2.05. The lowest BCUT2D eigenvalue weighted by atomic mass is 10.1. The first kappa shape index (κ1) is 10.7. The summed E-state index contributed by atoms with van der Waals surface area (Å²) >= 11 is 0. The molecule has 4 heteroatoms. The van der Waals surface area contributed by atoms with Crippen LogP contribution in [0.4, 0.5) is 0 Å². The average molecular weight is 197 g/mol. The van der Waals surface area contributed by atoms with Crippen molar-refractivity contribution in [3.8, 4) is 17.2 Å². The first-order chi connectivity index (χ1) is 6.60. The van der Waals surface area contributed by atoms with Crippen LogP contribution < -0.4 is 15.2 Å². The molecule has 3 N–H and O–H groups in total. The first-order valence-corrected chi connectivity index (χ1v) is 4.30. The number of phenols is 1. The number of phenolic OH excluding ortho intramolecular Hbond substituents is 1. The predicted octanol–water partition coefficient (Wildman–Crippen LogP) is 1.43. The summed E-state index contributed by atoms with van der Waals surface area (Å²) in [6.45, 7) is 1.79. The molecule has 0 heterocycles. The minimum Gasteiger partial charge on any atom is -0.507 e. The fourth-order valence-corrected chi connectivity index (χ4v) is 1.25. The fourth-order valence-electron chi connectivity index (χ4n) is 1.25. The van der Waals surface area contributed by atoms with Crippen LogP contribution in [0.3, 0.4) is 0 Å². The van der Waals surface area contributed by atoms with Crippen LogP contribution in [0.1, 0.15) is 18.5 Å². The molecule has 0 saturated carbocycles. The Morgan fingerprint density at radius 2 is 1.71 bits per heavy atom. The zero-order chi connectivity index (χ0) is 10.7. The smallest absolute Gasteiger partial charge is 0.164 e. The summed E-state index contributed by atoms with van der Waals surface area (Å²) in [5.41, 5.74) is 6.31. The van der Waals surface area contributed by atoms with E-state index in [0.717, 1.165) is 0 Å². The summed E-state index contributed by atoms with van der Waals surface area (Å²) in [5, 5.41) is 9.60. The van der Waals surface area contributed by atoms with Crippen LogP contribution >= 0.6 is 0 Å². The number of ether oxygens (including phenoxy) is 2. The maximum Gasteiger partial charge on any atom is 0.164 e. The summed E-state index contributed by atoms with van der Waals surface area (Å²) in [5.74, 6) is 1.18. The lowest BCUT2D eigenvalue weighted by molar-refractivity contribution is 0.350. The van der Waals surface area contributed by atoms with Crippen LogP contribution in [0.2, 0.25) is 0 Å². The topological polar surface area (TPSA) is 64.7 Å². The monoisotopic (exact) mass is 197 g/mol. The minimum atomic E-state index is -0.241. The summed E-state index contributed by atoms with van der Waals surface area (Å²) in [4.78, 5) is 0. The molecule has 1 rings (SSSR count). The van der Waals surface area contributed by atoms with E-state index in [1.54, 1.807) is 20.1 Å².